The largest absolute Gasteiger partial charge is 0.491 e. The first kappa shape index (κ1) is 14.5. The van der Waals surface area contributed by atoms with Gasteiger partial charge in [-0.1, -0.05) is 22.9 Å². The van der Waals surface area contributed by atoms with Crippen molar-refractivity contribution in [3.05, 3.63) is 28.2 Å². The third kappa shape index (κ3) is 5.06. The summed E-state index contributed by atoms with van der Waals surface area (Å²) >= 11 is 3.38. The Labute approximate surface area is 111 Å². The second-order valence-electron chi connectivity index (χ2n) is 3.82. The fourth-order valence-electron chi connectivity index (χ4n) is 1.43. The molecule has 0 fully saturated rings. The van der Waals surface area contributed by atoms with Gasteiger partial charge in [0, 0.05) is 16.6 Å². The van der Waals surface area contributed by atoms with Crippen molar-refractivity contribution < 1.29 is 14.6 Å². The van der Waals surface area contributed by atoms with Crippen LogP contribution in [-0.2, 0) is 4.74 Å². The maximum absolute atomic E-state index is 9.64. The maximum Gasteiger partial charge on any atom is 0.125 e. The summed E-state index contributed by atoms with van der Waals surface area (Å²) in [6, 6.07) is 5.62. The van der Waals surface area contributed by atoms with E-state index in [1.54, 1.807) is 6.92 Å². The summed E-state index contributed by atoms with van der Waals surface area (Å²) in [6.07, 6.45) is 0.469. The summed E-state index contributed by atoms with van der Waals surface area (Å²) in [5.74, 6) is 0.711. The van der Waals surface area contributed by atoms with Crippen molar-refractivity contribution in [2.75, 3.05) is 19.8 Å². The van der Waals surface area contributed by atoms with E-state index in [1.165, 1.54) is 0 Å². The van der Waals surface area contributed by atoms with E-state index in [-0.39, 0.29) is 0 Å². The summed E-state index contributed by atoms with van der Waals surface area (Å²) in [5.41, 5.74) is 0.787. The van der Waals surface area contributed by atoms with Gasteiger partial charge >= 0.3 is 0 Å². The van der Waals surface area contributed by atoms with Crippen LogP contribution in [0.2, 0.25) is 0 Å². The lowest BCUT2D eigenvalue weighted by molar-refractivity contribution is 0.0986. The van der Waals surface area contributed by atoms with Crippen LogP contribution < -0.4 is 4.74 Å². The average molecular weight is 303 g/mol. The van der Waals surface area contributed by atoms with Crippen molar-refractivity contribution in [3.63, 3.8) is 0 Å². The van der Waals surface area contributed by atoms with Gasteiger partial charge in [-0.15, -0.1) is 0 Å². The highest BCUT2D eigenvalue weighted by Gasteiger charge is 2.09. The third-order valence-electron chi connectivity index (χ3n) is 2.26. The molecule has 17 heavy (non-hydrogen) atoms. The summed E-state index contributed by atoms with van der Waals surface area (Å²) in [5, 5.41) is 9.64. The molecule has 1 aromatic rings. The molecule has 0 aliphatic heterocycles. The molecule has 96 valence electrons. The van der Waals surface area contributed by atoms with Gasteiger partial charge < -0.3 is 14.6 Å². The molecule has 0 saturated heterocycles. The number of hydrogen-bond acceptors (Lipinski definition) is 3. The highest BCUT2D eigenvalue weighted by molar-refractivity contribution is 9.10. The van der Waals surface area contributed by atoms with E-state index in [0.717, 1.165) is 23.1 Å². The van der Waals surface area contributed by atoms with E-state index in [0.29, 0.717) is 19.0 Å². The number of aliphatic hydroxyl groups is 1. The molecule has 1 aromatic carbocycles. The van der Waals surface area contributed by atoms with Crippen molar-refractivity contribution in [2.45, 2.75) is 26.4 Å². The van der Waals surface area contributed by atoms with Gasteiger partial charge in [-0.3, -0.25) is 0 Å². The first-order valence-electron chi connectivity index (χ1n) is 5.83. The maximum atomic E-state index is 9.64. The SMILES string of the molecule is CCCOCCOc1ccc(Br)cc1C(C)O. The van der Waals surface area contributed by atoms with Crippen LogP contribution in [0.5, 0.6) is 5.75 Å². The Balaban J connectivity index is 2.52. The minimum atomic E-state index is -0.543. The van der Waals surface area contributed by atoms with Crippen LogP contribution in [0.1, 0.15) is 31.9 Å². The van der Waals surface area contributed by atoms with Crippen LogP contribution in [0.25, 0.3) is 0 Å². The first-order valence-corrected chi connectivity index (χ1v) is 6.62. The standard InChI is InChI=1S/C13H19BrO3/c1-3-6-16-7-8-17-13-5-4-11(14)9-12(13)10(2)15/h4-5,9-10,15H,3,6-8H2,1-2H3. The van der Waals surface area contributed by atoms with Crippen molar-refractivity contribution in [1.82, 2.24) is 0 Å². The second-order valence-corrected chi connectivity index (χ2v) is 4.73. The fourth-order valence-corrected chi connectivity index (χ4v) is 1.81. The zero-order valence-corrected chi connectivity index (χ0v) is 11.9. The summed E-state index contributed by atoms with van der Waals surface area (Å²) in [4.78, 5) is 0. The number of halogens is 1. The van der Waals surface area contributed by atoms with E-state index < -0.39 is 6.10 Å². The Morgan fingerprint density at radius 3 is 2.71 bits per heavy atom. The monoisotopic (exact) mass is 302 g/mol. The summed E-state index contributed by atoms with van der Waals surface area (Å²) in [6.45, 7) is 5.63. The zero-order valence-electron chi connectivity index (χ0n) is 10.3. The van der Waals surface area contributed by atoms with Gasteiger partial charge in [-0.25, -0.2) is 0 Å². The molecule has 1 atom stereocenters. The predicted molar refractivity (Wildman–Crippen MR) is 71.4 cm³/mol. The van der Waals surface area contributed by atoms with E-state index in [9.17, 15) is 5.11 Å². The fraction of sp³-hybridized carbons (Fsp3) is 0.538. The first-order chi connectivity index (χ1) is 8.15. The minimum Gasteiger partial charge on any atom is -0.491 e. The third-order valence-corrected chi connectivity index (χ3v) is 2.75. The lowest BCUT2D eigenvalue weighted by Gasteiger charge is -2.14. The summed E-state index contributed by atoms with van der Waals surface area (Å²) in [7, 11) is 0. The minimum absolute atomic E-state index is 0.501. The van der Waals surface area contributed by atoms with E-state index >= 15 is 0 Å². The Morgan fingerprint density at radius 1 is 1.29 bits per heavy atom. The Kier molecular flexibility index (Phi) is 6.55. The molecule has 0 saturated carbocycles. The molecule has 1 unspecified atom stereocenters. The number of ether oxygens (including phenoxy) is 2. The van der Waals surface area contributed by atoms with Gasteiger partial charge in [0.2, 0.25) is 0 Å². The van der Waals surface area contributed by atoms with Crippen LogP contribution in [-0.4, -0.2) is 24.9 Å². The molecule has 1 N–H and O–H groups in total. The lowest BCUT2D eigenvalue weighted by Crippen LogP contribution is -2.09. The Morgan fingerprint density at radius 2 is 2.06 bits per heavy atom. The highest BCUT2D eigenvalue weighted by Crippen LogP contribution is 2.28. The predicted octanol–water partition coefficient (Wildman–Crippen LogP) is 3.31. The molecule has 3 nitrogen and oxygen atoms in total. The number of benzene rings is 1. The molecule has 0 aromatic heterocycles. The average Bonchev–Trinajstić information content (AvgIpc) is 2.30. The van der Waals surface area contributed by atoms with Crippen LogP contribution in [0.15, 0.2) is 22.7 Å². The van der Waals surface area contributed by atoms with Crippen molar-refractivity contribution in [3.8, 4) is 5.75 Å². The van der Waals surface area contributed by atoms with Gasteiger partial charge in [0.1, 0.15) is 12.4 Å². The molecule has 0 bridgehead atoms. The molecule has 4 heteroatoms. The van der Waals surface area contributed by atoms with Crippen LogP contribution >= 0.6 is 15.9 Å². The van der Waals surface area contributed by atoms with Crippen LogP contribution in [0, 0.1) is 0 Å². The number of aliphatic hydroxyl groups excluding tert-OH is 1. The smallest absolute Gasteiger partial charge is 0.125 e. The van der Waals surface area contributed by atoms with Crippen LogP contribution in [0.3, 0.4) is 0 Å². The van der Waals surface area contributed by atoms with E-state index in [4.69, 9.17) is 9.47 Å². The van der Waals surface area contributed by atoms with Crippen molar-refractivity contribution in [2.24, 2.45) is 0 Å². The van der Waals surface area contributed by atoms with Crippen molar-refractivity contribution in [1.29, 1.82) is 0 Å². The highest BCUT2D eigenvalue weighted by atomic mass is 79.9. The Hall–Kier alpha value is -0.580. The van der Waals surface area contributed by atoms with Gasteiger partial charge in [0.05, 0.1) is 12.7 Å². The molecule has 0 heterocycles. The van der Waals surface area contributed by atoms with Crippen LogP contribution in [0.4, 0.5) is 0 Å². The lowest BCUT2D eigenvalue weighted by atomic mass is 10.1. The number of hydrogen-bond donors (Lipinski definition) is 1. The Bertz CT molecular complexity index is 339. The molecular formula is C13H19BrO3. The van der Waals surface area contributed by atoms with Gasteiger partial charge in [-0.2, -0.15) is 0 Å². The molecule has 0 amide bonds. The quantitative estimate of drug-likeness (QED) is 0.785. The normalized spacial score (nSPS) is 12.5. The van der Waals surface area contributed by atoms with Gasteiger partial charge in [0.15, 0.2) is 0 Å². The van der Waals surface area contributed by atoms with E-state index in [2.05, 4.69) is 22.9 Å². The zero-order chi connectivity index (χ0) is 12.7. The second kappa shape index (κ2) is 7.69. The van der Waals surface area contributed by atoms with Gasteiger partial charge in [0.25, 0.3) is 0 Å². The topological polar surface area (TPSA) is 38.7 Å². The van der Waals surface area contributed by atoms with E-state index in [1.807, 2.05) is 18.2 Å². The molecule has 1 rings (SSSR count). The molecule has 0 aliphatic carbocycles. The molecular weight excluding hydrogens is 284 g/mol. The number of rotatable bonds is 7. The van der Waals surface area contributed by atoms with Gasteiger partial charge in [-0.05, 0) is 31.5 Å². The molecule has 0 aliphatic rings. The summed E-state index contributed by atoms with van der Waals surface area (Å²) < 4.78 is 11.9. The van der Waals surface area contributed by atoms with Crippen molar-refractivity contribution >= 4 is 15.9 Å². The molecule has 0 spiro atoms. The molecule has 0 radical (unpaired) electrons.